The van der Waals surface area contributed by atoms with E-state index < -0.39 is 87.5 Å². The van der Waals surface area contributed by atoms with Crippen LogP contribution in [0.15, 0.2) is 17.1 Å². The van der Waals surface area contributed by atoms with Crippen LogP contribution < -0.4 is 11.4 Å². The molecule has 3 rings (SSSR count). The topological polar surface area (TPSA) is 206 Å². The number of hydrogen-bond donors (Lipinski definition) is 2. The van der Waals surface area contributed by atoms with Crippen LogP contribution in [0.25, 0.3) is 0 Å². The van der Waals surface area contributed by atoms with Crippen LogP contribution in [0.4, 0.5) is 24.2 Å². The van der Waals surface area contributed by atoms with Crippen molar-refractivity contribution in [2.24, 2.45) is 0 Å². The second-order valence-corrected chi connectivity index (χ2v) is 11.1. The van der Waals surface area contributed by atoms with Crippen molar-refractivity contribution in [1.29, 1.82) is 0 Å². The summed E-state index contributed by atoms with van der Waals surface area (Å²) in [6.45, 7) is 3.57. The number of fused-ring (bicyclic) bond motifs is 1. The Balaban J connectivity index is 1.76. The third kappa shape index (κ3) is 5.91. The molecule has 0 amide bonds. The number of alkyl halides is 2. The van der Waals surface area contributed by atoms with Gasteiger partial charge in [0.05, 0.1) is 18.8 Å². The highest BCUT2D eigenvalue weighted by molar-refractivity contribution is 7.48. The lowest BCUT2D eigenvalue weighted by molar-refractivity contribution is -0.117. The van der Waals surface area contributed by atoms with E-state index in [0.29, 0.717) is 4.57 Å². The number of halogens is 2. The van der Waals surface area contributed by atoms with E-state index in [2.05, 4.69) is 14.5 Å². The van der Waals surface area contributed by atoms with Crippen LogP contribution in [-0.4, -0.2) is 82.4 Å². The van der Waals surface area contributed by atoms with Crippen LogP contribution in [-0.2, 0) is 41.8 Å². The maximum absolute atomic E-state index is 15.4. The predicted molar refractivity (Wildman–Crippen MR) is 126 cm³/mol. The summed E-state index contributed by atoms with van der Waals surface area (Å²) in [5.74, 6) is -0.180. The number of nitrogens with two attached hydrogens (primary N) is 1. The second-order valence-electron chi connectivity index (χ2n) is 9.39. The first-order valence-electron chi connectivity index (χ1n) is 11.8. The lowest BCUT2D eigenvalue weighted by Crippen LogP contribution is -2.40. The van der Waals surface area contributed by atoms with E-state index in [1.165, 1.54) is 27.7 Å². The summed E-state index contributed by atoms with van der Waals surface area (Å²) in [6, 6.07) is 1.15. The molecule has 1 aliphatic carbocycles. The van der Waals surface area contributed by atoms with E-state index in [9.17, 15) is 24.1 Å². The van der Waals surface area contributed by atoms with E-state index >= 15 is 8.78 Å². The van der Waals surface area contributed by atoms with E-state index in [0.717, 1.165) is 19.2 Å². The van der Waals surface area contributed by atoms with Gasteiger partial charge in [-0.15, -0.1) is 0 Å². The molecule has 0 aromatic carbocycles. The Morgan fingerprint density at radius 2 is 1.68 bits per heavy atom. The number of aromatic nitrogens is 2. The molecule has 0 radical (unpaired) electrons. The SMILES string of the molecule is CC(C)OC(=O)OCOP(=O)(OCOC(=O)OC(C)C)OC[C@@]12O[C@@H](n3ccc(N)nc3=O)[C@H](F)[C@@]1(O)C2(C)F. The zero-order valence-electron chi connectivity index (χ0n) is 22.1. The van der Waals surface area contributed by atoms with Crippen molar-refractivity contribution in [1.82, 2.24) is 9.55 Å². The molecule has 0 bridgehead atoms. The summed E-state index contributed by atoms with van der Waals surface area (Å²) in [5, 5.41) is 10.9. The summed E-state index contributed by atoms with van der Waals surface area (Å²) < 4.78 is 83.5. The predicted octanol–water partition coefficient (Wildman–Crippen LogP) is 2.10. The fourth-order valence-corrected chi connectivity index (χ4v) is 4.92. The summed E-state index contributed by atoms with van der Waals surface area (Å²) in [4.78, 5) is 38.8. The van der Waals surface area contributed by atoms with Crippen LogP contribution in [0, 0.1) is 0 Å². The Kier molecular flexibility index (Phi) is 9.13. The van der Waals surface area contributed by atoms with Gasteiger partial charge in [-0.2, -0.15) is 4.98 Å². The monoisotopic (exact) mass is 601 g/mol. The number of hydrogen-bond acceptors (Lipinski definition) is 15. The summed E-state index contributed by atoms with van der Waals surface area (Å²) >= 11 is 0. The van der Waals surface area contributed by atoms with Gasteiger partial charge < -0.3 is 34.5 Å². The quantitative estimate of drug-likeness (QED) is 0.200. The highest BCUT2D eigenvalue weighted by Crippen LogP contribution is 2.73. The third-order valence-electron chi connectivity index (χ3n) is 5.99. The van der Waals surface area contributed by atoms with Crippen molar-refractivity contribution in [2.45, 2.75) is 76.1 Å². The zero-order chi connectivity index (χ0) is 30.1. The Morgan fingerprint density at radius 1 is 1.15 bits per heavy atom. The van der Waals surface area contributed by atoms with Crippen molar-refractivity contribution in [3.05, 3.63) is 22.7 Å². The normalized spacial score (nSPS) is 29.2. The number of aliphatic hydroxyl groups is 1. The summed E-state index contributed by atoms with van der Waals surface area (Å²) in [6.07, 6.45) is -6.93. The Morgan fingerprint density at radius 3 is 2.15 bits per heavy atom. The van der Waals surface area contributed by atoms with Crippen molar-refractivity contribution >= 4 is 26.0 Å². The first-order valence-corrected chi connectivity index (χ1v) is 13.2. The maximum Gasteiger partial charge on any atom is 0.510 e. The molecule has 1 saturated heterocycles. The molecule has 2 aliphatic rings. The maximum atomic E-state index is 15.4. The number of ether oxygens (including phenoxy) is 5. The average Bonchev–Trinajstić information content (AvgIpc) is 3.05. The Labute approximate surface area is 226 Å². The number of nitrogen functional groups attached to an aromatic ring is 1. The molecule has 0 spiro atoms. The van der Waals surface area contributed by atoms with Gasteiger partial charge in [0.2, 0.25) is 13.6 Å². The van der Waals surface area contributed by atoms with Gasteiger partial charge in [-0.25, -0.2) is 36.8 Å². The molecule has 226 valence electrons. The number of rotatable bonds is 12. The molecule has 1 aromatic heterocycles. The van der Waals surface area contributed by atoms with Gasteiger partial charge in [0.1, 0.15) is 5.82 Å². The van der Waals surface area contributed by atoms with E-state index in [4.69, 9.17) is 33.5 Å². The fraction of sp³-hybridized carbons (Fsp3) is 0.714. The second kappa shape index (κ2) is 11.5. The van der Waals surface area contributed by atoms with Gasteiger partial charge in [-0.3, -0.25) is 9.09 Å². The lowest BCUT2D eigenvalue weighted by atomic mass is 10.1. The Bertz CT molecular complexity index is 1180. The minimum Gasteiger partial charge on any atom is -0.432 e. The van der Waals surface area contributed by atoms with Crippen molar-refractivity contribution < 1.29 is 65.3 Å². The molecule has 2 heterocycles. The molecular formula is C21H30F2N3O13P. The molecule has 1 aliphatic heterocycles. The number of carbonyl (C=O) groups is 2. The highest BCUT2D eigenvalue weighted by Gasteiger charge is 2.97. The number of nitrogens with zero attached hydrogens (tertiary/aromatic N) is 2. The number of carbonyl (C=O) groups excluding carboxylic acids is 2. The van der Waals surface area contributed by atoms with Gasteiger partial charge in [-0.1, -0.05) is 0 Å². The van der Waals surface area contributed by atoms with Crippen LogP contribution in [0.1, 0.15) is 40.8 Å². The minimum absolute atomic E-state index is 0.180. The van der Waals surface area contributed by atoms with Gasteiger partial charge in [0, 0.05) is 6.20 Å². The molecule has 2 fully saturated rings. The molecule has 19 heteroatoms. The lowest BCUT2D eigenvalue weighted by Gasteiger charge is -2.25. The first kappa shape index (κ1) is 31.6. The van der Waals surface area contributed by atoms with Crippen molar-refractivity contribution in [3.63, 3.8) is 0 Å². The molecule has 1 aromatic rings. The minimum atomic E-state index is -4.93. The van der Waals surface area contributed by atoms with Crippen LogP contribution in [0.2, 0.25) is 0 Å². The first-order chi connectivity index (χ1) is 18.5. The highest BCUT2D eigenvalue weighted by atomic mass is 31.2. The molecule has 16 nitrogen and oxygen atoms in total. The molecular weight excluding hydrogens is 571 g/mol. The Hall–Kier alpha value is -2.89. The van der Waals surface area contributed by atoms with Crippen LogP contribution in [0.5, 0.6) is 0 Å². The van der Waals surface area contributed by atoms with E-state index in [1.54, 1.807) is 0 Å². The fourth-order valence-electron chi connectivity index (χ4n) is 4.00. The van der Waals surface area contributed by atoms with Gasteiger partial charge >= 0.3 is 25.8 Å². The summed E-state index contributed by atoms with van der Waals surface area (Å²) in [7, 11) is -4.93. The van der Waals surface area contributed by atoms with Crippen molar-refractivity contribution in [3.8, 4) is 0 Å². The summed E-state index contributed by atoms with van der Waals surface area (Å²) in [5.41, 5.74) is -3.85. The molecule has 3 N–H and O–H groups in total. The van der Waals surface area contributed by atoms with Gasteiger partial charge in [0.15, 0.2) is 29.3 Å². The number of phosphoric acid groups is 1. The standard InChI is InChI=1S/C21H30F2N3O13P/c1-11(2)37-17(28)32-9-35-40(31,36-10-33-18(29)38-12(3)4)34-8-20-19(5,23)21(20,30)14(22)15(39-20)26-7-6-13(24)25-16(26)27/h6-7,11-12,14-15,30H,8-10H2,1-5H3,(H2,24,25,27)/t14-,15+,19?,20-,21+/m0/s1. The number of anilines is 1. The van der Waals surface area contributed by atoms with Crippen LogP contribution >= 0.6 is 7.82 Å². The van der Waals surface area contributed by atoms with E-state index in [1.807, 2.05) is 0 Å². The van der Waals surface area contributed by atoms with E-state index in [-0.39, 0.29) is 5.82 Å². The molecule has 1 saturated carbocycles. The largest absolute Gasteiger partial charge is 0.510 e. The van der Waals surface area contributed by atoms with Crippen molar-refractivity contribution in [2.75, 3.05) is 25.9 Å². The third-order valence-corrected chi connectivity index (χ3v) is 7.28. The molecule has 40 heavy (non-hydrogen) atoms. The average molecular weight is 601 g/mol. The molecule has 5 atom stereocenters. The van der Waals surface area contributed by atoms with Gasteiger partial charge in [-0.05, 0) is 40.7 Å². The van der Waals surface area contributed by atoms with Gasteiger partial charge in [0.25, 0.3) is 0 Å². The zero-order valence-corrected chi connectivity index (χ0v) is 23.0. The number of phosphoric ester groups is 1. The van der Waals surface area contributed by atoms with Crippen LogP contribution in [0.3, 0.4) is 0 Å². The smallest absolute Gasteiger partial charge is 0.432 e. The molecule has 1 unspecified atom stereocenters.